The van der Waals surface area contributed by atoms with Crippen molar-refractivity contribution in [3.05, 3.63) is 35.4 Å². The Morgan fingerprint density at radius 3 is 2.72 bits per heavy atom. The fraction of sp³-hybridized carbons (Fsp3) is 0.500. The molecule has 0 spiro atoms. The minimum Gasteiger partial charge on any atom is -0.369 e. The van der Waals surface area contributed by atoms with Gasteiger partial charge in [-0.3, -0.25) is 14.6 Å². The quantitative estimate of drug-likeness (QED) is 0.828. The van der Waals surface area contributed by atoms with Gasteiger partial charge >= 0.3 is 0 Å². The Labute approximate surface area is 107 Å². The fourth-order valence-corrected chi connectivity index (χ4v) is 2.95. The highest BCUT2D eigenvalue weighted by atomic mass is 16.1. The molecule has 96 valence electrons. The lowest BCUT2D eigenvalue weighted by Gasteiger charge is -2.46. The Hall–Kier alpha value is -1.39. The average Bonchev–Trinajstić information content (AvgIpc) is 2.32. The van der Waals surface area contributed by atoms with Gasteiger partial charge in [-0.1, -0.05) is 24.3 Å². The number of hydrogen-bond acceptors (Lipinski definition) is 3. The molecule has 4 nitrogen and oxygen atoms in total. The molecule has 0 radical (unpaired) electrons. The van der Waals surface area contributed by atoms with Crippen LogP contribution in [-0.4, -0.2) is 47.9 Å². The topological polar surface area (TPSA) is 49.6 Å². The molecule has 0 aromatic heterocycles. The van der Waals surface area contributed by atoms with Crippen LogP contribution in [0.1, 0.15) is 11.1 Å². The van der Waals surface area contributed by atoms with E-state index in [9.17, 15) is 4.79 Å². The monoisotopic (exact) mass is 245 g/mol. The van der Waals surface area contributed by atoms with Gasteiger partial charge < -0.3 is 5.73 Å². The molecule has 1 amide bonds. The number of benzene rings is 1. The normalized spacial score (nSPS) is 21.3. The first-order valence-corrected chi connectivity index (χ1v) is 6.54. The predicted molar refractivity (Wildman–Crippen MR) is 70.0 cm³/mol. The minimum atomic E-state index is -0.225. The summed E-state index contributed by atoms with van der Waals surface area (Å²) in [5.41, 5.74) is 8.14. The lowest BCUT2D eigenvalue weighted by molar-refractivity contribution is -0.121. The standard InChI is InChI=1S/C14H19N3O/c15-14(18)10-16-8-13(9-16)17-6-5-11-3-1-2-4-12(11)7-17/h1-4,13H,5-10H2,(H2,15,18). The van der Waals surface area contributed by atoms with Crippen molar-refractivity contribution in [1.82, 2.24) is 9.80 Å². The second-order valence-corrected chi connectivity index (χ2v) is 5.30. The molecule has 0 atom stereocenters. The fourth-order valence-electron chi connectivity index (χ4n) is 2.95. The number of hydrogen-bond donors (Lipinski definition) is 1. The van der Waals surface area contributed by atoms with E-state index in [-0.39, 0.29) is 5.91 Å². The second kappa shape index (κ2) is 4.71. The van der Waals surface area contributed by atoms with Gasteiger partial charge in [0.05, 0.1) is 6.54 Å². The lowest BCUT2D eigenvalue weighted by Crippen LogP contribution is -2.61. The summed E-state index contributed by atoms with van der Waals surface area (Å²) in [6.07, 6.45) is 1.14. The summed E-state index contributed by atoms with van der Waals surface area (Å²) in [5, 5.41) is 0. The van der Waals surface area contributed by atoms with Gasteiger partial charge in [0.2, 0.25) is 5.91 Å². The highest BCUT2D eigenvalue weighted by Gasteiger charge is 2.33. The molecule has 2 aliphatic rings. The van der Waals surface area contributed by atoms with Crippen LogP contribution < -0.4 is 5.73 Å². The minimum absolute atomic E-state index is 0.225. The largest absolute Gasteiger partial charge is 0.369 e. The number of amides is 1. The van der Waals surface area contributed by atoms with E-state index in [0.717, 1.165) is 32.6 Å². The maximum Gasteiger partial charge on any atom is 0.231 e. The molecule has 1 aromatic carbocycles. The summed E-state index contributed by atoms with van der Waals surface area (Å²) in [4.78, 5) is 15.5. The molecule has 0 unspecified atom stereocenters. The van der Waals surface area contributed by atoms with Crippen LogP contribution in [0.2, 0.25) is 0 Å². The van der Waals surface area contributed by atoms with Gasteiger partial charge in [-0.25, -0.2) is 0 Å². The molecular weight excluding hydrogens is 226 g/mol. The predicted octanol–water partition coefficient (Wildman–Crippen LogP) is 0.214. The molecule has 1 aromatic rings. The van der Waals surface area contributed by atoms with E-state index >= 15 is 0 Å². The van der Waals surface area contributed by atoms with Crippen molar-refractivity contribution in [1.29, 1.82) is 0 Å². The number of carbonyl (C=O) groups is 1. The molecular formula is C14H19N3O. The van der Waals surface area contributed by atoms with Crippen LogP contribution >= 0.6 is 0 Å². The molecule has 2 heterocycles. The smallest absolute Gasteiger partial charge is 0.231 e. The maximum absolute atomic E-state index is 10.8. The van der Waals surface area contributed by atoms with Crippen molar-refractivity contribution >= 4 is 5.91 Å². The van der Waals surface area contributed by atoms with Gasteiger partial charge in [-0.05, 0) is 17.5 Å². The number of carbonyl (C=O) groups excluding carboxylic acids is 1. The summed E-state index contributed by atoms with van der Waals surface area (Å²) in [5.74, 6) is -0.225. The summed E-state index contributed by atoms with van der Waals surface area (Å²) >= 11 is 0. The Morgan fingerprint density at radius 2 is 2.00 bits per heavy atom. The molecule has 3 rings (SSSR count). The van der Waals surface area contributed by atoms with Crippen molar-refractivity contribution < 1.29 is 4.79 Å². The first kappa shape index (κ1) is 11.7. The number of rotatable bonds is 3. The van der Waals surface area contributed by atoms with Crippen molar-refractivity contribution in [3.63, 3.8) is 0 Å². The summed E-state index contributed by atoms with van der Waals surface area (Å²) < 4.78 is 0. The molecule has 1 fully saturated rings. The van der Waals surface area contributed by atoms with Gasteiger partial charge in [-0.15, -0.1) is 0 Å². The van der Waals surface area contributed by atoms with Crippen LogP contribution in [0.3, 0.4) is 0 Å². The molecule has 18 heavy (non-hydrogen) atoms. The zero-order valence-corrected chi connectivity index (χ0v) is 10.5. The number of nitrogens with two attached hydrogens (primary N) is 1. The van der Waals surface area contributed by atoms with Crippen LogP contribution in [0.15, 0.2) is 24.3 Å². The third-order valence-corrected chi connectivity index (χ3v) is 3.99. The van der Waals surface area contributed by atoms with E-state index in [2.05, 4.69) is 34.1 Å². The van der Waals surface area contributed by atoms with Crippen molar-refractivity contribution in [3.8, 4) is 0 Å². The highest BCUT2D eigenvalue weighted by Crippen LogP contribution is 2.23. The molecule has 0 aliphatic carbocycles. The third kappa shape index (κ3) is 2.26. The number of nitrogens with zero attached hydrogens (tertiary/aromatic N) is 2. The number of likely N-dealkylation sites (tertiary alicyclic amines) is 1. The SMILES string of the molecule is NC(=O)CN1CC(N2CCc3ccccc3C2)C1. The molecule has 4 heteroatoms. The highest BCUT2D eigenvalue weighted by molar-refractivity contribution is 5.76. The zero-order valence-electron chi connectivity index (χ0n) is 10.5. The molecule has 2 N–H and O–H groups in total. The maximum atomic E-state index is 10.8. The summed E-state index contributed by atoms with van der Waals surface area (Å²) in [6, 6.07) is 9.28. The van der Waals surface area contributed by atoms with Crippen LogP contribution in [0.25, 0.3) is 0 Å². The molecule has 0 saturated carbocycles. The van der Waals surface area contributed by atoms with Gasteiger partial charge in [0.15, 0.2) is 0 Å². The first-order valence-electron chi connectivity index (χ1n) is 6.54. The van der Waals surface area contributed by atoms with Crippen molar-refractivity contribution in [2.24, 2.45) is 5.73 Å². The van der Waals surface area contributed by atoms with E-state index < -0.39 is 0 Å². The molecule has 0 bridgehead atoms. The first-order chi connectivity index (χ1) is 8.72. The summed E-state index contributed by atoms with van der Waals surface area (Å²) in [7, 11) is 0. The van der Waals surface area contributed by atoms with Crippen molar-refractivity contribution in [2.75, 3.05) is 26.2 Å². The third-order valence-electron chi connectivity index (χ3n) is 3.99. The molecule has 1 saturated heterocycles. The van der Waals surface area contributed by atoms with Gasteiger partial charge in [0, 0.05) is 32.2 Å². The van der Waals surface area contributed by atoms with Gasteiger partial charge in [0.1, 0.15) is 0 Å². The zero-order chi connectivity index (χ0) is 12.5. The molecule has 2 aliphatic heterocycles. The Bertz CT molecular complexity index is 454. The van der Waals surface area contributed by atoms with E-state index in [4.69, 9.17) is 5.73 Å². The van der Waals surface area contributed by atoms with Crippen LogP contribution in [0.4, 0.5) is 0 Å². The van der Waals surface area contributed by atoms with E-state index in [1.807, 2.05) is 0 Å². The van der Waals surface area contributed by atoms with Crippen LogP contribution in [0.5, 0.6) is 0 Å². The van der Waals surface area contributed by atoms with Crippen LogP contribution in [0, 0.1) is 0 Å². The van der Waals surface area contributed by atoms with E-state index in [1.165, 1.54) is 11.1 Å². The van der Waals surface area contributed by atoms with Crippen molar-refractivity contribution in [2.45, 2.75) is 19.0 Å². The lowest BCUT2D eigenvalue weighted by atomic mass is 9.96. The number of primary amides is 1. The Kier molecular flexibility index (Phi) is 3.06. The average molecular weight is 245 g/mol. The van der Waals surface area contributed by atoms with E-state index in [0.29, 0.717) is 12.6 Å². The van der Waals surface area contributed by atoms with Gasteiger partial charge in [0.25, 0.3) is 0 Å². The number of fused-ring (bicyclic) bond motifs is 1. The Morgan fingerprint density at radius 1 is 1.28 bits per heavy atom. The van der Waals surface area contributed by atoms with E-state index in [1.54, 1.807) is 0 Å². The van der Waals surface area contributed by atoms with Gasteiger partial charge in [-0.2, -0.15) is 0 Å². The summed E-state index contributed by atoms with van der Waals surface area (Å²) in [6.45, 7) is 4.54. The van der Waals surface area contributed by atoms with Crippen LogP contribution in [-0.2, 0) is 17.8 Å². The Balaban J connectivity index is 1.56. The second-order valence-electron chi connectivity index (χ2n) is 5.30.